The van der Waals surface area contributed by atoms with Crippen molar-refractivity contribution < 1.29 is 24.6 Å². The van der Waals surface area contributed by atoms with E-state index >= 15 is 0 Å². The molecule has 0 saturated carbocycles. The molecule has 0 radical (unpaired) electrons. The van der Waals surface area contributed by atoms with Crippen LogP contribution in [0.5, 0.6) is 0 Å². The molecule has 0 aromatic heterocycles. The summed E-state index contributed by atoms with van der Waals surface area (Å²) >= 11 is 0. The first-order valence-corrected chi connectivity index (χ1v) is 5.96. The maximum atomic E-state index is 11.7. The quantitative estimate of drug-likeness (QED) is 0.485. The Kier molecular flexibility index (Phi) is 5.57. The van der Waals surface area contributed by atoms with E-state index in [9.17, 15) is 14.4 Å². The van der Waals surface area contributed by atoms with Gasteiger partial charge in [-0.1, -0.05) is 0 Å². The van der Waals surface area contributed by atoms with Crippen LogP contribution in [0.25, 0.3) is 0 Å². The van der Waals surface area contributed by atoms with Crippen LogP contribution in [0.4, 0.5) is 0 Å². The lowest BCUT2D eigenvalue weighted by molar-refractivity contribution is -0.143. The van der Waals surface area contributed by atoms with Gasteiger partial charge in [-0.25, -0.2) is 4.79 Å². The molecule has 0 aromatic rings. The van der Waals surface area contributed by atoms with Gasteiger partial charge in [0.1, 0.15) is 6.04 Å². The predicted molar refractivity (Wildman–Crippen MR) is 62.0 cm³/mol. The second-order valence-electron chi connectivity index (χ2n) is 4.38. The third kappa shape index (κ3) is 4.70. The number of hydrogen-bond donors (Lipinski definition) is 4. The molecule has 1 amide bonds. The minimum absolute atomic E-state index is 0.0926. The van der Waals surface area contributed by atoms with Crippen molar-refractivity contribution in [3.63, 3.8) is 0 Å². The van der Waals surface area contributed by atoms with Crippen LogP contribution in [0, 0.1) is 5.92 Å². The fraction of sp³-hybridized carbons (Fsp3) is 0.727. The molecule has 1 aliphatic heterocycles. The maximum absolute atomic E-state index is 11.7. The second-order valence-corrected chi connectivity index (χ2v) is 4.38. The minimum atomic E-state index is -1.13. The van der Waals surface area contributed by atoms with Crippen LogP contribution in [0.3, 0.4) is 0 Å². The molecule has 1 unspecified atom stereocenters. The Morgan fingerprint density at radius 2 is 2.06 bits per heavy atom. The van der Waals surface area contributed by atoms with Gasteiger partial charge in [-0.2, -0.15) is 0 Å². The molecule has 1 fully saturated rings. The van der Waals surface area contributed by atoms with Crippen LogP contribution in [0.2, 0.25) is 0 Å². The van der Waals surface area contributed by atoms with Gasteiger partial charge in [-0.15, -0.1) is 0 Å². The van der Waals surface area contributed by atoms with Gasteiger partial charge in [0, 0.05) is 13.0 Å². The number of carbonyl (C=O) groups excluding carboxylic acids is 1. The first-order chi connectivity index (χ1) is 8.50. The Hall–Kier alpha value is -1.63. The summed E-state index contributed by atoms with van der Waals surface area (Å²) in [5.41, 5.74) is 0. The van der Waals surface area contributed by atoms with Crippen molar-refractivity contribution in [2.75, 3.05) is 13.1 Å². The number of carboxylic acids is 2. The van der Waals surface area contributed by atoms with Gasteiger partial charge in [0.2, 0.25) is 5.91 Å². The number of rotatable bonds is 7. The topological polar surface area (TPSA) is 116 Å². The Balaban J connectivity index is 2.39. The lowest BCUT2D eigenvalue weighted by Gasteiger charge is -2.16. The highest BCUT2D eigenvalue weighted by atomic mass is 16.4. The van der Waals surface area contributed by atoms with Crippen molar-refractivity contribution in [2.45, 2.75) is 31.7 Å². The zero-order valence-electron chi connectivity index (χ0n) is 10.0. The lowest BCUT2D eigenvalue weighted by atomic mass is 10.1. The summed E-state index contributed by atoms with van der Waals surface area (Å²) in [7, 11) is 0. The molecule has 1 rings (SSSR count). The van der Waals surface area contributed by atoms with E-state index in [0.29, 0.717) is 13.0 Å². The van der Waals surface area contributed by atoms with Crippen molar-refractivity contribution in [1.82, 2.24) is 10.6 Å². The van der Waals surface area contributed by atoms with E-state index in [1.807, 2.05) is 0 Å². The van der Waals surface area contributed by atoms with Crippen molar-refractivity contribution >= 4 is 17.8 Å². The molecular formula is C11H18N2O5. The van der Waals surface area contributed by atoms with Crippen molar-refractivity contribution in [2.24, 2.45) is 5.92 Å². The monoisotopic (exact) mass is 258 g/mol. The van der Waals surface area contributed by atoms with Crippen LogP contribution in [0.1, 0.15) is 25.7 Å². The Morgan fingerprint density at radius 1 is 1.33 bits per heavy atom. The van der Waals surface area contributed by atoms with E-state index in [1.54, 1.807) is 0 Å². The first-order valence-electron chi connectivity index (χ1n) is 5.96. The van der Waals surface area contributed by atoms with E-state index in [-0.39, 0.29) is 31.1 Å². The molecule has 7 nitrogen and oxygen atoms in total. The third-order valence-electron chi connectivity index (χ3n) is 2.93. The average molecular weight is 258 g/mol. The van der Waals surface area contributed by atoms with E-state index in [1.165, 1.54) is 0 Å². The molecule has 4 N–H and O–H groups in total. The highest BCUT2D eigenvalue weighted by molar-refractivity contribution is 5.85. The second kappa shape index (κ2) is 6.95. The van der Waals surface area contributed by atoms with E-state index in [0.717, 1.165) is 6.54 Å². The standard InChI is InChI=1S/C11H18N2O5/c14-9(15)3-1-2-8(11(17)18)13-10(16)7-4-5-12-6-7/h7-8,12H,1-6H2,(H,13,16)(H,14,15)(H,17,18)/t7?,8-/m1/s1. The van der Waals surface area contributed by atoms with Gasteiger partial charge in [0.25, 0.3) is 0 Å². The Morgan fingerprint density at radius 3 is 2.56 bits per heavy atom. The normalized spacial score (nSPS) is 20.3. The molecule has 0 aromatic carbocycles. The maximum Gasteiger partial charge on any atom is 0.326 e. The Bertz CT molecular complexity index is 325. The summed E-state index contributed by atoms with van der Waals surface area (Å²) in [5.74, 6) is -2.56. The van der Waals surface area contributed by atoms with Gasteiger partial charge in [-0.05, 0) is 25.8 Å². The number of amides is 1. The minimum Gasteiger partial charge on any atom is -0.481 e. The Labute approximate surface area is 105 Å². The molecule has 0 aliphatic carbocycles. The summed E-state index contributed by atoms with van der Waals surface area (Å²) in [6.45, 7) is 1.32. The number of hydrogen-bond acceptors (Lipinski definition) is 4. The summed E-state index contributed by atoms with van der Waals surface area (Å²) in [5, 5.41) is 22.9. The lowest BCUT2D eigenvalue weighted by Crippen LogP contribution is -2.44. The first kappa shape index (κ1) is 14.4. The SMILES string of the molecule is O=C(O)CCC[C@@H](NC(=O)C1CCNC1)C(=O)O. The van der Waals surface area contributed by atoms with Gasteiger partial charge in [0.15, 0.2) is 0 Å². The summed E-state index contributed by atoms with van der Waals surface area (Å²) in [6, 6.07) is -1.00. The molecule has 2 atom stereocenters. The van der Waals surface area contributed by atoms with Gasteiger partial charge in [-0.3, -0.25) is 9.59 Å². The van der Waals surface area contributed by atoms with E-state index in [2.05, 4.69) is 10.6 Å². The van der Waals surface area contributed by atoms with Crippen LogP contribution >= 0.6 is 0 Å². The fourth-order valence-electron chi connectivity index (χ4n) is 1.88. The van der Waals surface area contributed by atoms with Gasteiger partial charge < -0.3 is 20.8 Å². The van der Waals surface area contributed by atoms with Gasteiger partial charge >= 0.3 is 11.9 Å². The van der Waals surface area contributed by atoms with Crippen molar-refractivity contribution in [1.29, 1.82) is 0 Å². The highest BCUT2D eigenvalue weighted by Gasteiger charge is 2.27. The van der Waals surface area contributed by atoms with Gasteiger partial charge in [0.05, 0.1) is 5.92 Å². The van der Waals surface area contributed by atoms with E-state index in [4.69, 9.17) is 10.2 Å². The molecule has 102 valence electrons. The molecule has 0 spiro atoms. The third-order valence-corrected chi connectivity index (χ3v) is 2.93. The largest absolute Gasteiger partial charge is 0.481 e. The molecule has 1 heterocycles. The smallest absolute Gasteiger partial charge is 0.326 e. The predicted octanol–water partition coefficient (Wildman–Crippen LogP) is -0.580. The molecule has 1 aliphatic rings. The highest BCUT2D eigenvalue weighted by Crippen LogP contribution is 2.09. The number of carbonyl (C=O) groups is 3. The van der Waals surface area contributed by atoms with Crippen LogP contribution in [-0.4, -0.2) is 47.2 Å². The zero-order chi connectivity index (χ0) is 13.5. The molecule has 18 heavy (non-hydrogen) atoms. The number of aliphatic carboxylic acids is 2. The molecule has 7 heteroatoms. The average Bonchev–Trinajstić information content (AvgIpc) is 2.80. The summed E-state index contributed by atoms with van der Waals surface area (Å²) < 4.78 is 0. The molecule has 1 saturated heterocycles. The number of carboxylic acid groups (broad SMARTS) is 2. The molecular weight excluding hydrogens is 240 g/mol. The summed E-state index contributed by atoms with van der Waals surface area (Å²) in [4.78, 5) is 33.0. The fourth-order valence-corrected chi connectivity index (χ4v) is 1.88. The zero-order valence-corrected chi connectivity index (χ0v) is 10.0. The van der Waals surface area contributed by atoms with Crippen molar-refractivity contribution in [3.05, 3.63) is 0 Å². The summed E-state index contributed by atoms with van der Waals surface area (Å²) in [6.07, 6.45) is 0.973. The number of nitrogens with one attached hydrogen (secondary N) is 2. The van der Waals surface area contributed by atoms with Crippen LogP contribution in [-0.2, 0) is 14.4 Å². The van der Waals surface area contributed by atoms with Crippen LogP contribution in [0.15, 0.2) is 0 Å². The molecule has 0 bridgehead atoms. The van der Waals surface area contributed by atoms with Crippen LogP contribution < -0.4 is 10.6 Å². The van der Waals surface area contributed by atoms with E-state index < -0.39 is 18.0 Å². The van der Waals surface area contributed by atoms with Crippen molar-refractivity contribution in [3.8, 4) is 0 Å².